The number of aromatic nitrogens is 3. The van der Waals surface area contributed by atoms with Crippen LogP contribution in [0.25, 0.3) is 11.4 Å². The summed E-state index contributed by atoms with van der Waals surface area (Å²) in [4.78, 5) is 19.3. The first kappa shape index (κ1) is 21.6. The van der Waals surface area contributed by atoms with E-state index >= 15 is 0 Å². The van der Waals surface area contributed by atoms with Crippen molar-refractivity contribution in [2.45, 2.75) is 12.7 Å². The standard InChI is InChI=1S/C21H17F3N6O/c1-25-13-19(26-2)31-17-5-3-4-14(8-17)10-29-18-6-7-28-20(30-18)15-9-16(12-27-11-15)21(22,23)24/h3-9,11-13H,1-2,10H2,(H,28,29,30)/b19-13+. The van der Waals surface area contributed by atoms with Crippen LogP contribution < -0.4 is 10.1 Å². The second kappa shape index (κ2) is 9.61. The lowest BCUT2D eigenvalue weighted by molar-refractivity contribution is -0.137. The van der Waals surface area contributed by atoms with Crippen molar-refractivity contribution in [1.82, 2.24) is 15.0 Å². The maximum absolute atomic E-state index is 12.9. The van der Waals surface area contributed by atoms with Crippen molar-refractivity contribution in [2.75, 3.05) is 5.32 Å². The fraction of sp³-hybridized carbons (Fsp3) is 0.0952. The molecule has 0 fully saturated rings. The van der Waals surface area contributed by atoms with Crippen molar-refractivity contribution >= 4 is 19.3 Å². The van der Waals surface area contributed by atoms with E-state index < -0.39 is 11.7 Å². The number of alkyl halides is 3. The normalized spacial score (nSPS) is 11.6. The summed E-state index contributed by atoms with van der Waals surface area (Å²) < 4.78 is 44.3. The highest BCUT2D eigenvalue weighted by molar-refractivity contribution is 5.56. The van der Waals surface area contributed by atoms with Crippen molar-refractivity contribution < 1.29 is 17.9 Å². The van der Waals surface area contributed by atoms with E-state index in [1.807, 2.05) is 6.07 Å². The van der Waals surface area contributed by atoms with Crippen LogP contribution in [0.3, 0.4) is 0 Å². The third kappa shape index (κ3) is 5.95. The van der Waals surface area contributed by atoms with Gasteiger partial charge in [-0.2, -0.15) is 13.2 Å². The van der Waals surface area contributed by atoms with Crippen LogP contribution in [0, 0.1) is 0 Å². The van der Waals surface area contributed by atoms with Crippen LogP contribution in [-0.4, -0.2) is 28.4 Å². The fourth-order valence-corrected chi connectivity index (χ4v) is 2.52. The number of hydrogen-bond acceptors (Lipinski definition) is 7. The summed E-state index contributed by atoms with van der Waals surface area (Å²) in [6, 6.07) is 9.78. The van der Waals surface area contributed by atoms with Gasteiger partial charge in [-0.15, -0.1) is 0 Å². The van der Waals surface area contributed by atoms with Crippen molar-refractivity contribution in [1.29, 1.82) is 0 Å². The highest BCUT2D eigenvalue weighted by atomic mass is 19.4. The highest BCUT2D eigenvalue weighted by Gasteiger charge is 2.31. The van der Waals surface area contributed by atoms with Gasteiger partial charge in [-0.05, 0) is 43.3 Å². The van der Waals surface area contributed by atoms with Crippen LogP contribution in [-0.2, 0) is 12.7 Å². The Hall–Kier alpha value is -4.08. The number of nitrogens with zero attached hydrogens (tertiary/aromatic N) is 5. The monoisotopic (exact) mass is 426 g/mol. The van der Waals surface area contributed by atoms with Crippen LogP contribution in [0.1, 0.15) is 11.1 Å². The number of benzene rings is 1. The van der Waals surface area contributed by atoms with Crippen molar-refractivity contribution in [3.05, 3.63) is 78.2 Å². The number of ether oxygens (including phenoxy) is 1. The molecule has 0 saturated carbocycles. The molecule has 1 N–H and O–H groups in total. The van der Waals surface area contributed by atoms with Crippen LogP contribution in [0.5, 0.6) is 5.75 Å². The van der Waals surface area contributed by atoms with Crippen molar-refractivity contribution in [3.63, 3.8) is 0 Å². The molecule has 0 saturated heterocycles. The summed E-state index contributed by atoms with van der Waals surface area (Å²) in [5.74, 6) is 1.30. The number of halogens is 3. The summed E-state index contributed by atoms with van der Waals surface area (Å²) in [7, 11) is 0. The van der Waals surface area contributed by atoms with Gasteiger partial charge >= 0.3 is 6.18 Å². The van der Waals surface area contributed by atoms with E-state index in [4.69, 9.17) is 4.74 Å². The van der Waals surface area contributed by atoms with Crippen molar-refractivity contribution in [3.8, 4) is 17.1 Å². The first-order chi connectivity index (χ1) is 14.9. The molecule has 158 valence electrons. The molecule has 3 aromatic rings. The van der Waals surface area contributed by atoms with Crippen LogP contribution in [0.4, 0.5) is 19.0 Å². The van der Waals surface area contributed by atoms with E-state index in [-0.39, 0.29) is 17.3 Å². The summed E-state index contributed by atoms with van der Waals surface area (Å²) in [5.41, 5.74) is 0.173. The highest BCUT2D eigenvalue weighted by Crippen LogP contribution is 2.30. The van der Waals surface area contributed by atoms with Gasteiger partial charge in [0, 0.05) is 30.7 Å². The first-order valence-electron chi connectivity index (χ1n) is 8.88. The molecular formula is C21H17F3N6O. The molecule has 10 heteroatoms. The summed E-state index contributed by atoms with van der Waals surface area (Å²) >= 11 is 0. The smallest absolute Gasteiger partial charge is 0.417 e. The maximum atomic E-state index is 12.9. The average molecular weight is 426 g/mol. The minimum atomic E-state index is -4.50. The second-order valence-corrected chi connectivity index (χ2v) is 6.14. The van der Waals surface area contributed by atoms with Gasteiger partial charge in [0.15, 0.2) is 5.82 Å². The molecule has 0 radical (unpaired) electrons. The number of rotatable bonds is 8. The Morgan fingerprint density at radius 1 is 1.16 bits per heavy atom. The lowest BCUT2D eigenvalue weighted by Gasteiger charge is -2.10. The minimum Gasteiger partial charge on any atom is -0.438 e. The zero-order valence-electron chi connectivity index (χ0n) is 16.2. The molecule has 0 amide bonds. The van der Waals surface area contributed by atoms with Gasteiger partial charge in [-0.1, -0.05) is 12.1 Å². The Kier molecular flexibility index (Phi) is 6.71. The predicted octanol–water partition coefficient (Wildman–Crippen LogP) is 4.75. The molecule has 2 aromatic heterocycles. The molecule has 0 aliphatic heterocycles. The van der Waals surface area contributed by atoms with Gasteiger partial charge in [-0.25, -0.2) is 15.0 Å². The third-order valence-electron chi connectivity index (χ3n) is 3.93. The second-order valence-electron chi connectivity index (χ2n) is 6.14. The van der Waals surface area contributed by atoms with Gasteiger partial charge < -0.3 is 10.1 Å². The summed E-state index contributed by atoms with van der Waals surface area (Å²) in [5, 5.41) is 3.11. The molecule has 1 aromatic carbocycles. The molecule has 0 unspecified atom stereocenters. The Bertz CT molecular complexity index is 1110. The Balaban J connectivity index is 1.73. The summed E-state index contributed by atoms with van der Waals surface area (Å²) in [6.07, 6.45) is 0.340. The van der Waals surface area contributed by atoms with E-state index in [2.05, 4.69) is 43.7 Å². The van der Waals surface area contributed by atoms with Crippen LogP contribution in [0.15, 0.2) is 77.1 Å². The van der Waals surface area contributed by atoms with E-state index in [1.165, 1.54) is 18.6 Å². The Morgan fingerprint density at radius 2 is 2.00 bits per heavy atom. The largest absolute Gasteiger partial charge is 0.438 e. The quantitative estimate of drug-likeness (QED) is 0.415. The molecule has 31 heavy (non-hydrogen) atoms. The first-order valence-corrected chi connectivity index (χ1v) is 8.88. The average Bonchev–Trinajstić information content (AvgIpc) is 2.77. The van der Waals surface area contributed by atoms with E-state index in [0.29, 0.717) is 18.1 Å². The van der Waals surface area contributed by atoms with Gasteiger partial charge in [0.25, 0.3) is 0 Å². The molecule has 0 aliphatic carbocycles. The SMILES string of the molecule is C=N/C=C(\N=C)Oc1cccc(CNc2ccnc(-c3cncc(C(F)(F)F)c3)n2)c1. The molecule has 0 bridgehead atoms. The van der Waals surface area contributed by atoms with Gasteiger partial charge in [0.1, 0.15) is 11.6 Å². The summed E-state index contributed by atoms with van der Waals surface area (Å²) in [6.45, 7) is 7.13. The number of nitrogens with one attached hydrogen (secondary N) is 1. The molecule has 2 heterocycles. The Labute approximate surface area is 176 Å². The third-order valence-corrected chi connectivity index (χ3v) is 3.93. The lowest BCUT2D eigenvalue weighted by Crippen LogP contribution is -2.06. The molecule has 0 spiro atoms. The molecule has 3 rings (SSSR count). The fourth-order valence-electron chi connectivity index (χ4n) is 2.52. The lowest BCUT2D eigenvalue weighted by atomic mass is 10.2. The van der Waals surface area contributed by atoms with Crippen LogP contribution in [0.2, 0.25) is 0 Å². The Morgan fingerprint density at radius 3 is 2.74 bits per heavy atom. The van der Waals surface area contributed by atoms with E-state index in [0.717, 1.165) is 17.8 Å². The van der Waals surface area contributed by atoms with E-state index in [9.17, 15) is 13.2 Å². The maximum Gasteiger partial charge on any atom is 0.417 e. The number of pyridine rings is 1. The van der Waals surface area contributed by atoms with Crippen LogP contribution >= 0.6 is 0 Å². The van der Waals surface area contributed by atoms with Gasteiger partial charge in [-0.3, -0.25) is 9.98 Å². The number of hydrogen-bond donors (Lipinski definition) is 1. The number of aliphatic imine (C=N–C) groups is 2. The molecule has 0 aliphatic rings. The van der Waals surface area contributed by atoms with E-state index in [1.54, 1.807) is 24.3 Å². The zero-order valence-corrected chi connectivity index (χ0v) is 16.2. The van der Waals surface area contributed by atoms with Crippen molar-refractivity contribution in [2.24, 2.45) is 9.98 Å². The van der Waals surface area contributed by atoms with Gasteiger partial charge in [0.2, 0.25) is 5.88 Å². The topological polar surface area (TPSA) is 84.7 Å². The minimum absolute atomic E-state index is 0.129. The number of anilines is 1. The molecule has 0 atom stereocenters. The molecular weight excluding hydrogens is 409 g/mol. The predicted molar refractivity (Wildman–Crippen MR) is 112 cm³/mol. The van der Waals surface area contributed by atoms with Gasteiger partial charge in [0.05, 0.1) is 11.8 Å². The molecule has 7 nitrogen and oxygen atoms in total. The zero-order chi connectivity index (χ0) is 22.3.